The van der Waals surface area contributed by atoms with Crippen LogP contribution in [0.2, 0.25) is 0 Å². The first-order chi connectivity index (χ1) is 12.8. The summed E-state index contributed by atoms with van der Waals surface area (Å²) in [7, 11) is 1.66. The van der Waals surface area contributed by atoms with Gasteiger partial charge in [0.2, 0.25) is 0 Å². The molecule has 0 fully saturated rings. The lowest BCUT2D eigenvalue weighted by molar-refractivity contribution is -0.385. The van der Waals surface area contributed by atoms with Crippen LogP contribution in [0.5, 0.6) is 0 Å². The number of aldehydes is 1. The predicted molar refractivity (Wildman–Crippen MR) is 109 cm³/mol. The van der Waals surface area contributed by atoms with E-state index in [-0.39, 0.29) is 11.3 Å². The van der Waals surface area contributed by atoms with Gasteiger partial charge in [-0.3, -0.25) is 19.9 Å². The Bertz CT molecular complexity index is 874. The number of anilines is 1. The van der Waals surface area contributed by atoms with Crippen LogP contribution in [0.3, 0.4) is 0 Å². The fourth-order valence-electron chi connectivity index (χ4n) is 2.06. The van der Waals surface area contributed by atoms with E-state index in [1.165, 1.54) is 23.3 Å². The Hall–Kier alpha value is -3.48. The zero-order valence-electron chi connectivity index (χ0n) is 15.9. The minimum absolute atomic E-state index is 0.125. The summed E-state index contributed by atoms with van der Waals surface area (Å²) in [5.41, 5.74) is 9.95. The number of carbonyl (C=O) groups excluding carboxylic acids is 1. The molecule has 2 aromatic carbocycles. The molecule has 0 heterocycles. The van der Waals surface area contributed by atoms with Crippen molar-refractivity contribution in [2.75, 3.05) is 12.4 Å². The fraction of sp³-hybridized carbons (Fsp3) is 0.200. The molecule has 0 saturated carbocycles. The molecular formula is C20H24N4O3. The van der Waals surface area contributed by atoms with E-state index < -0.39 is 4.92 Å². The highest BCUT2D eigenvalue weighted by atomic mass is 16.6. The summed E-state index contributed by atoms with van der Waals surface area (Å²) in [6, 6.07) is 10.6. The van der Waals surface area contributed by atoms with Gasteiger partial charge in [0.15, 0.2) is 6.29 Å². The zero-order chi connectivity index (χ0) is 20.4. The number of aryl methyl sites for hydroxylation is 3. The first kappa shape index (κ1) is 21.6. The molecule has 2 aromatic rings. The van der Waals surface area contributed by atoms with Crippen LogP contribution >= 0.6 is 0 Å². The van der Waals surface area contributed by atoms with Gasteiger partial charge in [-0.05, 0) is 61.7 Å². The van der Waals surface area contributed by atoms with Gasteiger partial charge in [-0.25, -0.2) is 0 Å². The average Bonchev–Trinajstić information content (AvgIpc) is 2.64. The number of nitro groups is 1. The van der Waals surface area contributed by atoms with Gasteiger partial charge >= 0.3 is 0 Å². The van der Waals surface area contributed by atoms with Gasteiger partial charge in [0.1, 0.15) is 5.84 Å². The summed E-state index contributed by atoms with van der Waals surface area (Å²) in [6.45, 7) is 5.96. The highest BCUT2D eigenvalue weighted by molar-refractivity contribution is 5.91. The van der Waals surface area contributed by atoms with Gasteiger partial charge in [0, 0.05) is 25.0 Å². The van der Waals surface area contributed by atoms with Gasteiger partial charge in [-0.1, -0.05) is 12.1 Å². The number of nitro benzene ring substituents is 1. The van der Waals surface area contributed by atoms with E-state index in [4.69, 9.17) is 5.73 Å². The van der Waals surface area contributed by atoms with E-state index in [0.29, 0.717) is 12.1 Å². The van der Waals surface area contributed by atoms with Crippen LogP contribution in [-0.2, 0) is 0 Å². The maximum atomic E-state index is 10.4. The minimum atomic E-state index is -0.566. The monoisotopic (exact) mass is 368 g/mol. The third kappa shape index (κ3) is 7.11. The van der Waals surface area contributed by atoms with Crippen LogP contribution in [0.4, 0.5) is 11.4 Å². The smallest absolute Gasteiger partial charge is 0.279 e. The van der Waals surface area contributed by atoms with Gasteiger partial charge in [-0.2, -0.15) is 0 Å². The van der Waals surface area contributed by atoms with Crippen molar-refractivity contribution in [3.05, 3.63) is 81.0 Å². The Kier molecular flexibility index (Phi) is 8.38. The number of hydrogen-bond acceptors (Lipinski definition) is 5. The molecule has 7 nitrogen and oxygen atoms in total. The molecule has 0 bridgehead atoms. The van der Waals surface area contributed by atoms with Crippen LogP contribution in [0.25, 0.3) is 0 Å². The van der Waals surface area contributed by atoms with Crippen molar-refractivity contribution >= 4 is 23.5 Å². The second-order valence-corrected chi connectivity index (χ2v) is 5.86. The minimum Gasteiger partial charge on any atom is -0.384 e. The second-order valence-electron chi connectivity index (χ2n) is 5.86. The van der Waals surface area contributed by atoms with Crippen molar-refractivity contribution in [2.24, 2.45) is 10.7 Å². The molecule has 0 saturated heterocycles. The number of amidine groups is 1. The lowest BCUT2D eigenvalue weighted by Gasteiger charge is -2.04. The highest BCUT2D eigenvalue weighted by Gasteiger charge is 2.11. The number of nitrogens with one attached hydrogen (secondary N) is 1. The quantitative estimate of drug-likeness (QED) is 0.273. The first-order valence-corrected chi connectivity index (χ1v) is 8.21. The molecule has 0 aliphatic rings. The molecule has 0 spiro atoms. The third-order valence-electron chi connectivity index (χ3n) is 3.78. The second kappa shape index (κ2) is 10.5. The van der Waals surface area contributed by atoms with Crippen LogP contribution in [-0.4, -0.2) is 24.1 Å². The Labute approximate surface area is 158 Å². The summed E-state index contributed by atoms with van der Waals surface area (Å²) in [5.74, 6) is 0.506. The van der Waals surface area contributed by atoms with Crippen LogP contribution < -0.4 is 11.1 Å². The first-order valence-electron chi connectivity index (χ1n) is 8.21. The van der Waals surface area contributed by atoms with Gasteiger partial charge in [0.25, 0.3) is 5.69 Å². The summed E-state index contributed by atoms with van der Waals surface area (Å²) < 4.78 is 0. The maximum absolute atomic E-state index is 10.4. The largest absolute Gasteiger partial charge is 0.384 e. The number of nitrogens with zero attached hydrogens (tertiary/aromatic N) is 2. The van der Waals surface area contributed by atoms with E-state index >= 15 is 0 Å². The Morgan fingerprint density at radius 1 is 1.15 bits per heavy atom. The van der Waals surface area contributed by atoms with Crippen molar-refractivity contribution in [1.29, 1.82) is 0 Å². The third-order valence-corrected chi connectivity index (χ3v) is 3.78. The standard InChI is InChI=1S/C12H17N3.C8H7NO3/c1-9-4-5-11(8-10(9)2)15-7-6-12(13)14-3;1-6-2-3-8(9(11)12)7(4-6)5-10/h4-8,15H,1-3H3,(H2,13,14);2-5H,1H3/b7-6-;. The maximum Gasteiger partial charge on any atom is 0.279 e. The van der Waals surface area contributed by atoms with E-state index in [1.54, 1.807) is 32.3 Å². The summed E-state index contributed by atoms with van der Waals surface area (Å²) >= 11 is 0. The normalized spacial score (nSPS) is 10.9. The van der Waals surface area contributed by atoms with E-state index in [9.17, 15) is 14.9 Å². The number of carbonyl (C=O) groups is 1. The van der Waals surface area contributed by atoms with Crippen molar-refractivity contribution in [3.8, 4) is 0 Å². The van der Waals surface area contributed by atoms with Crippen LogP contribution in [0.1, 0.15) is 27.0 Å². The molecule has 27 heavy (non-hydrogen) atoms. The molecule has 7 heteroatoms. The predicted octanol–water partition coefficient (Wildman–Crippen LogP) is 3.93. The lowest BCUT2D eigenvalue weighted by atomic mass is 10.1. The number of hydrogen-bond donors (Lipinski definition) is 2. The lowest BCUT2D eigenvalue weighted by Crippen LogP contribution is -2.07. The van der Waals surface area contributed by atoms with Gasteiger partial charge < -0.3 is 11.1 Å². The Balaban J connectivity index is 0.000000277. The average molecular weight is 368 g/mol. The SMILES string of the molecule is CN=C(N)/C=C\Nc1ccc(C)c(C)c1.Cc1ccc([N+](=O)[O-])c(C=O)c1. The van der Waals surface area contributed by atoms with Crippen molar-refractivity contribution in [3.63, 3.8) is 0 Å². The molecule has 3 N–H and O–H groups in total. The molecule has 0 aromatic heterocycles. The molecule has 0 radical (unpaired) electrons. The Morgan fingerprint density at radius 2 is 1.85 bits per heavy atom. The molecule has 0 atom stereocenters. The van der Waals surface area contributed by atoms with E-state index in [2.05, 4.69) is 36.3 Å². The van der Waals surface area contributed by atoms with E-state index in [0.717, 1.165) is 11.3 Å². The molecule has 0 amide bonds. The zero-order valence-corrected chi connectivity index (χ0v) is 15.9. The van der Waals surface area contributed by atoms with Crippen molar-refractivity contribution in [1.82, 2.24) is 0 Å². The number of benzene rings is 2. The highest BCUT2D eigenvalue weighted by Crippen LogP contribution is 2.17. The van der Waals surface area contributed by atoms with Gasteiger partial charge in [0.05, 0.1) is 10.5 Å². The fourth-order valence-corrected chi connectivity index (χ4v) is 2.06. The summed E-state index contributed by atoms with van der Waals surface area (Å²) in [4.78, 5) is 24.0. The molecule has 142 valence electrons. The number of aliphatic imine (C=N–C) groups is 1. The van der Waals surface area contributed by atoms with Crippen molar-refractivity contribution in [2.45, 2.75) is 20.8 Å². The molecule has 2 rings (SSSR count). The molecular weight excluding hydrogens is 344 g/mol. The summed E-state index contributed by atoms with van der Waals surface area (Å²) in [5, 5.41) is 13.5. The number of nitrogens with two attached hydrogens (primary N) is 1. The number of rotatable bonds is 5. The molecule has 0 aliphatic heterocycles. The summed E-state index contributed by atoms with van der Waals surface area (Å²) in [6.07, 6.45) is 4.01. The van der Waals surface area contributed by atoms with Crippen LogP contribution in [0, 0.1) is 30.9 Å². The van der Waals surface area contributed by atoms with Crippen molar-refractivity contribution < 1.29 is 9.72 Å². The Morgan fingerprint density at radius 3 is 2.41 bits per heavy atom. The van der Waals surface area contributed by atoms with Crippen LogP contribution in [0.15, 0.2) is 53.7 Å². The van der Waals surface area contributed by atoms with Gasteiger partial charge in [-0.15, -0.1) is 0 Å². The van der Waals surface area contributed by atoms with E-state index in [1.807, 2.05) is 6.07 Å². The topological polar surface area (TPSA) is 111 Å². The molecule has 0 aliphatic carbocycles. The molecule has 0 unspecified atom stereocenters.